The molecule has 0 aromatic heterocycles. The van der Waals surface area contributed by atoms with Crippen molar-refractivity contribution >= 4 is 42.0 Å². The third-order valence-electron chi connectivity index (χ3n) is 2.33. The maximum Gasteiger partial charge on any atom is 1.00 e. The first-order valence-electron chi connectivity index (χ1n) is 5.65. The molecular formula is C10H3Br2F8KO5S. The number of halogens is 10. The molecule has 0 atom stereocenters. The van der Waals surface area contributed by atoms with Crippen molar-refractivity contribution in [3.8, 4) is 11.5 Å². The largest absolute Gasteiger partial charge is 1.00 e. The zero-order chi connectivity index (χ0) is 20.8. The molecule has 0 unspecified atom stereocenters. The minimum atomic E-state index is -5.76. The number of ether oxygens (including phenoxy) is 2. The van der Waals surface area contributed by atoms with E-state index in [1.54, 1.807) is 0 Å². The summed E-state index contributed by atoms with van der Waals surface area (Å²) in [6, 6.07) is 0.0983. The van der Waals surface area contributed by atoms with Gasteiger partial charge in [-0.3, -0.25) is 0 Å². The van der Waals surface area contributed by atoms with Gasteiger partial charge in [0.25, 0.3) is 0 Å². The molecule has 27 heavy (non-hydrogen) atoms. The van der Waals surface area contributed by atoms with Crippen molar-refractivity contribution < 1.29 is 109 Å². The predicted molar refractivity (Wildman–Crippen MR) is 73.3 cm³/mol. The van der Waals surface area contributed by atoms with E-state index >= 15 is 0 Å². The first-order valence-corrected chi connectivity index (χ1v) is 8.64. The number of hydrogen-bond donors (Lipinski definition) is 0. The van der Waals surface area contributed by atoms with Crippen LogP contribution in [0.25, 0.3) is 0 Å². The fourth-order valence-corrected chi connectivity index (χ4v) is 2.01. The zero-order valence-corrected chi connectivity index (χ0v) is 19.6. The summed E-state index contributed by atoms with van der Waals surface area (Å²) in [5, 5.41) is 0. The van der Waals surface area contributed by atoms with Gasteiger partial charge in [0.2, 0.25) is 0 Å². The van der Waals surface area contributed by atoms with Crippen LogP contribution < -0.4 is 60.9 Å². The summed E-state index contributed by atoms with van der Waals surface area (Å²) < 4.78 is 143. The van der Waals surface area contributed by atoms with Crippen molar-refractivity contribution in [1.29, 1.82) is 0 Å². The number of rotatable bonds is 7. The van der Waals surface area contributed by atoms with Gasteiger partial charge in [-0.05, 0) is 12.1 Å². The van der Waals surface area contributed by atoms with Crippen LogP contribution in [0.3, 0.4) is 0 Å². The van der Waals surface area contributed by atoms with Crippen LogP contribution in [-0.4, -0.2) is 34.9 Å². The van der Waals surface area contributed by atoms with Gasteiger partial charge in [-0.25, -0.2) is 8.42 Å². The van der Waals surface area contributed by atoms with Crippen LogP contribution in [0.2, 0.25) is 0 Å². The molecule has 0 N–H and O–H groups in total. The summed E-state index contributed by atoms with van der Waals surface area (Å²) in [6.07, 6.45) is -10.6. The Balaban J connectivity index is 0.00000676. The minimum Gasteiger partial charge on any atom is -0.744 e. The predicted octanol–water partition coefficient (Wildman–Crippen LogP) is 1.51. The van der Waals surface area contributed by atoms with Crippen LogP contribution >= 0.6 is 31.9 Å². The summed E-state index contributed by atoms with van der Waals surface area (Å²) in [4.78, 5) is -11.8. The Bertz CT molecular complexity index is 781. The molecule has 150 valence electrons. The first-order chi connectivity index (χ1) is 11.3. The van der Waals surface area contributed by atoms with E-state index in [1.807, 2.05) is 0 Å². The molecule has 0 amide bonds. The molecule has 0 fully saturated rings. The van der Waals surface area contributed by atoms with Gasteiger partial charge in [0.1, 0.15) is 26.5 Å². The van der Waals surface area contributed by atoms with Crippen LogP contribution in [0.1, 0.15) is 0 Å². The SMILES string of the molecule is O=S(=O)([O-])c1cc(OC(F)(F)C(F)(F)Br)ccc1OC(F)(F)C(F)(F)Br.[K+]. The molecule has 1 aromatic carbocycles. The molecule has 0 heterocycles. The Morgan fingerprint density at radius 1 is 0.852 bits per heavy atom. The standard InChI is InChI=1S/C10H4Br2F8O5S.K/c11-7(13,14)9(17,18)24-4-1-2-5(6(3-4)26(21,22)23)25-10(19,20)8(12,15)16;/h1-3H,(H,21,22,23);/q;+1/p-1. The van der Waals surface area contributed by atoms with Crippen molar-refractivity contribution in [3.63, 3.8) is 0 Å². The fourth-order valence-electron chi connectivity index (χ4n) is 1.23. The van der Waals surface area contributed by atoms with Gasteiger partial charge in [0.15, 0.2) is 0 Å². The minimum absolute atomic E-state index is 0. The summed E-state index contributed by atoms with van der Waals surface area (Å²) >= 11 is 2.55. The van der Waals surface area contributed by atoms with E-state index in [4.69, 9.17) is 0 Å². The zero-order valence-electron chi connectivity index (χ0n) is 12.5. The van der Waals surface area contributed by atoms with E-state index in [0.29, 0.717) is 0 Å². The average Bonchev–Trinajstić information content (AvgIpc) is 2.35. The van der Waals surface area contributed by atoms with Crippen molar-refractivity contribution in [3.05, 3.63) is 18.2 Å². The summed E-state index contributed by atoms with van der Waals surface area (Å²) in [5.74, 6) is -3.05. The second-order valence-electron chi connectivity index (χ2n) is 4.30. The maximum absolute atomic E-state index is 13.1. The van der Waals surface area contributed by atoms with E-state index in [2.05, 4.69) is 9.47 Å². The first kappa shape index (κ1) is 27.8. The molecule has 0 saturated heterocycles. The van der Waals surface area contributed by atoms with E-state index < -0.39 is 48.4 Å². The van der Waals surface area contributed by atoms with E-state index in [0.717, 1.165) is 0 Å². The molecule has 17 heteroatoms. The topological polar surface area (TPSA) is 75.7 Å². The quantitative estimate of drug-likeness (QED) is 0.210. The molecule has 5 nitrogen and oxygen atoms in total. The van der Waals surface area contributed by atoms with Crippen molar-refractivity contribution in [2.24, 2.45) is 0 Å². The van der Waals surface area contributed by atoms with Crippen LogP contribution in [0.4, 0.5) is 35.1 Å². The fraction of sp³-hybridized carbons (Fsp3) is 0.400. The second-order valence-corrected chi connectivity index (χ2v) is 7.64. The molecule has 0 aliphatic rings. The van der Waals surface area contributed by atoms with Gasteiger partial charge < -0.3 is 14.0 Å². The van der Waals surface area contributed by atoms with Crippen molar-refractivity contribution in [1.82, 2.24) is 0 Å². The third kappa shape index (κ3) is 7.20. The Kier molecular flexibility index (Phi) is 9.12. The van der Waals surface area contributed by atoms with Gasteiger partial charge in [-0.1, -0.05) is 0 Å². The summed E-state index contributed by atoms with van der Waals surface area (Å²) in [7, 11) is -5.76. The summed E-state index contributed by atoms with van der Waals surface area (Å²) in [6.45, 7) is 0. The Hall–Kier alpha value is 0.766. The van der Waals surface area contributed by atoms with Gasteiger partial charge in [-0.15, -0.1) is 0 Å². The third-order valence-corrected chi connectivity index (χ3v) is 4.11. The summed E-state index contributed by atoms with van der Waals surface area (Å²) in [5.41, 5.74) is 0. The normalized spacial score (nSPS) is 13.7. The number of hydrogen-bond acceptors (Lipinski definition) is 5. The van der Waals surface area contributed by atoms with Crippen LogP contribution in [0, 0.1) is 0 Å². The maximum atomic E-state index is 13.1. The van der Waals surface area contributed by atoms with Gasteiger partial charge in [0, 0.05) is 37.9 Å². The molecule has 0 saturated carbocycles. The van der Waals surface area contributed by atoms with Crippen molar-refractivity contribution in [2.75, 3.05) is 0 Å². The Labute approximate surface area is 205 Å². The Morgan fingerprint density at radius 2 is 1.26 bits per heavy atom. The number of benzene rings is 1. The molecule has 0 bridgehead atoms. The van der Waals surface area contributed by atoms with E-state index in [-0.39, 0.29) is 69.6 Å². The van der Waals surface area contributed by atoms with Crippen LogP contribution in [0.5, 0.6) is 11.5 Å². The molecule has 0 radical (unpaired) electrons. The van der Waals surface area contributed by atoms with Crippen molar-refractivity contribution in [2.45, 2.75) is 26.8 Å². The second kappa shape index (κ2) is 8.87. The van der Waals surface area contributed by atoms with Gasteiger partial charge in [0.05, 0.1) is 0 Å². The molecule has 1 aromatic rings. The molecule has 0 aliphatic carbocycles. The van der Waals surface area contributed by atoms with Gasteiger partial charge in [-0.2, -0.15) is 35.1 Å². The van der Waals surface area contributed by atoms with Gasteiger partial charge >= 0.3 is 73.3 Å². The smallest absolute Gasteiger partial charge is 0.744 e. The van der Waals surface area contributed by atoms with Crippen LogP contribution in [-0.2, 0) is 10.1 Å². The molecular weight excluding hydrogens is 583 g/mol. The van der Waals surface area contributed by atoms with E-state index in [1.165, 1.54) is 31.9 Å². The monoisotopic (exact) mass is 584 g/mol. The Morgan fingerprint density at radius 3 is 1.63 bits per heavy atom. The van der Waals surface area contributed by atoms with E-state index in [9.17, 15) is 48.1 Å². The molecule has 0 spiro atoms. The number of alkyl halides is 10. The average molecular weight is 586 g/mol. The molecule has 1 rings (SSSR count). The molecule has 0 aliphatic heterocycles. The van der Waals surface area contributed by atoms with Crippen LogP contribution in [0.15, 0.2) is 23.1 Å².